The number of ether oxygens (including phenoxy) is 1. The van der Waals surface area contributed by atoms with Gasteiger partial charge in [0.2, 0.25) is 0 Å². The van der Waals surface area contributed by atoms with Crippen molar-refractivity contribution in [1.82, 2.24) is 9.78 Å². The highest BCUT2D eigenvalue weighted by Crippen LogP contribution is 2.26. The standard InChI is InChI=1S/C28H27ClN4O3/c1-4-33-16-24(26(32-33)28(35)30-22-8-6-5-7-9-22)31-27(34)21-12-10-20(11-13-21)17-36-23-14-18(2)25(29)19(3)15-23/h5-16H,4,17H2,1-3H3,(H,30,35)(H,31,34). The van der Waals surface area contributed by atoms with Crippen molar-refractivity contribution >= 4 is 34.8 Å². The van der Waals surface area contributed by atoms with Crippen molar-refractivity contribution in [2.24, 2.45) is 0 Å². The number of benzene rings is 3. The normalized spacial score (nSPS) is 10.7. The summed E-state index contributed by atoms with van der Waals surface area (Å²) in [5, 5.41) is 10.7. The molecule has 0 spiro atoms. The quantitative estimate of drug-likeness (QED) is 0.298. The van der Waals surface area contributed by atoms with Gasteiger partial charge in [0, 0.05) is 29.0 Å². The lowest BCUT2D eigenvalue weighted by molar-refractivity contribution is 0.102. The first-order valence-corrected chi connectivity index (χ1v) is 12.0. The maximum atomic E-state index is 12.9. The molecule has 0 saturated heterocycles. The van der Waals surface area contributed by atoms with Gasteiger partial charge < -0.3 is 15.4 Å². The summed E-state index contributed by atoms with van der Waals surface area (Å²) >= 11 is 6.22. The SMILES string of the molecule is CCn1cc(NC(=O)c2ccc(COc3cc(C)c(Cl)c(C)c3)cc2)c(C(=O)Nc2ccccc2)n1. The van der Waals surface area contributed by atoms with Gasteiger partial charge in [0.05, 0.1) is 5.69 Å². The number of carbonyl (C=O) groups is 2. The largest absolute Gasteiger partial charge is 0.489 e. The van der Waals surface area contributed by atoms with Crippen LogP contribution in [0.25, 0.3) is 0 Å². The Kier molecular flexibility index (Phi) is 7.71. The van der Waals surface area contributed by atoms with Crippen LogP contribution in [0.5, 0.6) is 5.75 Å². The van der Waals surface area contributed by atoms with Gasteiger partial charge in [-0.1, -0.05) is 41.9 Å². The molecule has 2 N–H and O–H groups in total. The monoisotopic (exact) mass is 502 g/mol. The van der Waals surface area contributed by atoms with Crippen molar-refractivity contribution in [3.63, 3.8) is 0 Å². The molecule has 0 radical (unpaired) electrons. The topological polar surface area (TPSA) is 85.2 Å². The Bertz CT molecular complexity index is 1360. The van der Waals surface area contributed by atoms with Gasteiger partial charge >= 0.3 is 0 Å². The zero-order valence-electron chi connectivity index (χ0n) is 20.3. The summed E-state index contributed by atoms with van der Waals surface area (Å²) in [7, 11) is 0. The number of halogens is 1. The second-order valence-electron chi connectivity index (χ2n) is 8.38. The summed E-state index contributed by atoms with van der Waals surface area (Å²) in [4.78, 5) is 25.7. The molecule has 2 amide bonds. The van der Waals surface area contributed by atoms with E-state index >= 15 is 0 Å². The van der Waals surface area contributed by atoms with Crippen molar-refractivity contribution in [3.8, 4) is 5.75 Å². The number of aryl methyl sites for hydroxylation is 3. The molecule has 3 aromatic carbocycles. The van der Waals surface area contributed by atoms with Crippen LogP contribution in [0, 0.1) is 13.8 Å². The molecule has 0 fully saturated rings. The zero-order valence-corrected chi connectivity index (χ0v) is 21.1. The van der Waals surface area contributed by atoms with Crippen molar-refractivity contribution in [1.29, 1.82) is 0 Å². The highest BCUT2D eigenvalue weighted by molar-refractivity contribution is 6.32. The molecule has 1 heterocycles. The number of hydrogen-bond donors (Lipinski definition) is 2. The third-order valence-electron chi connectivity index (χ3n) is 5.61. The number of para-hydroxylation sites is 1. The van der Waals surface area contributed by atoms with E-state index in [9.17, 15) is 9.59 Å². The number of rotatable bonds is 8. The third kappa shape index (κ3) is 5.93. The third-order valence-corrected chi connectivity index (χ3v) is 6.21. The molecule has 4 rings (SSSR count). The molecule has 7 nitrogen and oxygen atoms in total. The Balaban J connectivity index is 1.42. The highest BCUT2D eigenvalue weighted by Gasteiger charge is 2.19. The fourth-order valence-corrected chi connectivity index (χ4v) is 3.77. The molecule has 0 unspecified atom stereocenters. The van der Waals surface area contributed by atoms with Gasteiger partial charge in [0.15, 0.2) is 5.69 Å². The van der Waals surface area contributed by atoms with Crippen molar-refractivity contribution in [3.05, 3.63) is 106 Å². The van der Waals surface area contributed by atoms with Crippen LogP contribution in [0.3, 0.4) is 0 Å². The molecule has 36 heavy (non-hydrogen) atoms. The molecule has 4 aromatic rings. The Morgan fingerprint density at radius 1 is 0.944 bits per heavy atom. The number of anilines is 2. The van der Waals surface area contributed by atoms with Gasteiger partial charge in [0.25, 0.3) is 11.8 Å². The van der Waals surface area contributed by atoms with Crippen molar-refractivity contribution < 1.29 is 14.3 Å². The zero-order chi connectivity index (χ0) is 25.7. The van der Waals surface area contributed by atoms with Crippen molar-refractivity contribution in [2.45, 2.75) is 33.9 Å². The van der Waals surface area contributed by atoms with Crippen LogP contribution in [0.1, 0.15) is 44.5 Å². The summed E-state index contributed by atoms with van der Waals surface area (Å²) in [5.41, 5.74) is 4.43. The molecular weight excluding hydrogens is 476 g/mol. The molecule has 0 atom stereocenters. The molecule has 0 aliphatic heterocycles. The molecule has 0 aliphatic carbocycles. The summed E-state index contributed by atoms with van der Waals surface area (Å²) in [6, 6.07) is 20.0. The van der Waals surface area contributed by atoms with Gasteiger partial charge in [-0.2, -0.15) is 5.10 Å². The lowest BCUT2D eigenvalue weighted by atomic mass is 10.1. The van der Waals surface area contributed by atoms with Gasteiger partial charge in [-0.15, -0.1) is 0 Å². The second-order valence-corrected chi connectivity index (χ2v) is 8.76. The fourth-order valence-electron chi connectivity index (χ4n) is 3.66. The van der Waals surface area contributed by atoms with Crippen LogP contribution in [0.4, 0.5) is 11.4 Å². The van der Waals surface area contributed by atoms with Crippen LogP contribution >= 0.6 is 11.6 Å². The van der Waals surface area contributed by atoms with E-state index in [1.54, 1.807) is 35.1 Å². The second kappa shape index (κ2) is 11.1. The Hall–Kier alpha value is -4.10. The van der Waals surface area contributed by atoms with E-state index in [-0.39, 0.29) is 11.6 Å². The minimum atomic E-state index is -0.399. The van der Waals surface area contributed by atoms with Crippen molar-refractivity contribution in [2.75, 3.05) is 10.6 Å². The maximum Gasteiger partial charge on any atom is 0.278 e. The van der Waals surface area contributed by atoms with E-state index < -0.39 is 5.91 Å². The summed E-state index contributed by atoms with van der Waals surface area (Å²) in [6.45, 7) is 6.70. The molecule has 0 saturated carbocycles. The Morgan fingerprint density at radius 3 is 2.25 bits per heavy atom. The Morgan fingerprint density at radius 2 is 1.61 bits per heavy atom. The van der Waals surface area contributed by atoms with E-state index in [0.29, 0.717) is 30.1 Å². The lowest BCUT2D eigenvalue weighted by Crippen LogP contribution is -2.18. The van der Waals surface area contributed by atoms with Gasteiger partial charge in [-0.05, 0) is 73.9 Å². The van der Waals surface area contributed by atoms with Crippen LogP contribution in [-0.2, 0) is 13.2 Å². The van der Waals surface area contributed by atoms with Crippen LogP contribution in [0.15, 0.2) is 72.9 Å². The van der Waals surface area contributed by atoms with E-state index in [4.69, 9.17) is 16.3 Å². The van der Waals surface area contributed by atoms with Crippen LogP contribution in [-0.4, -0.2) is 21.6 Å². The number of nitrogens with zero attached hydrogens (tertiary/aromatic N) is 2. The highest BCUT2D eigenvalue weighted by atomic mass is 35.5. The molecule has 184 valence electrons. The molecule has 1 aromatic heterocycles. The minimum absolute atomic E-state index is 0.146. The first-order valence-electron chi connectivity index (χ1n) is 11.6. The average molecular weight is 503 g/mol. The van der Waals surface area contributed by atoms with Crippen LogP contribution in [0.2, 0.25) is 5.02 Å². The smallest absolute Gasteiger partial charge is 0.278 e. The van der Waals surface area contributed by atoms with Crippen LogP contribution < -0.4 is 15.4 Å². The number of carbonyl (C=O) groups excluding carboxylic acids is 2. The molecule has 0 bridgehead atoms. The Labute approximate surface area is 215 Å². The average Bonchev–Trinajstić information content (AvgIpc) is 3.29. The predicted molar refractivity (Wildman–Crippen MR) is 142 cm³/mol. The number of aromatic nitrogens is 2. The fraction of sp³-hybridized carbons (Fsp3) is 0.179. The number of hydrogen-bond acceptors (Lipinski definition) is 4. The summed E-state index contributed by atoms with van der Waals surface area (Å²) in [5.74, 6) is 0.00478. The summed E-state index contributed by atoms with van der Waals surface area (Å²) in [6.07, 6.45) is 1.65. The number of amides is 2. The van der Waals surface area contributed by atoms with E-state index in [1.165, 1.54) is 0 Å². The van der Waals surface area contributed by atoms with E-state index in [2.05, 4.69) is 15.7 Å². The minimum Gasteiger partial charge on any atom is -0.489 e. The first kappa shape index (κ1) is 25.0. The first-order chi connectivity index (χ1) is 17.3. The molecule has 8 heteroatoms. The van der Waals surface area contributed by atoms with Gasteiger partial charge in [-0.3, -0.25) is 14.3 Å². The molecular formula is C28H27ClN4O3. The van der Waals surface area contributed by atoms with E-state index in [0.717, 1.165) is 27.5 Å². The number of nitrogens with one attached hydrogen (secondary N) is 2. The van der Waals surface area contributed by atoms with E-state index in [1.807, 2.05) is 63.2 Å². The predicted octanol–water partition coefficient (Wildman–Crippen LogP) is 6.26. The maximum absolute atomic E-state index is 12.9. The van der Waals surface area contributed by atoms with Gasteiger partial charge in [0.1, 0.15) is 12.4 Å². The summed E-state index contributed by atoms with van der Waals surface area (Å²) < 4.78 is 7.50. The lowest BCUT2D eigenvalue weighted by Gasteiger charge is -2.11. The molecule has 0 aliphatic rings. The van der Waals surface area contributed by atoms with Gasteiger partial charge in [-0.25, -0.2) is 0 Å².